The lowest BCUT2D eigenvalue weighted by Crippen LogP contribution is -2.25. The molecule has 0 aliphatic carbocycles. The first-order valence-electron chi connectivity index (χ1n) is 7.42. The molecule has 1 aromatic carbocycles. The van der Waals surface area contributed by atoms with E-state index >= 15 is 0 Å². The van der Waals surface area contributed by atoms with Crippen molar-refractivity contribution in [2.75, 3.05) is 0 Å². The second kappa shape index (κ2) is 7.20. The van der Waals surface area contributed by atoms with Crippen molar-refractivity contribution in [2.24, 2.45) is 16.0 Å². The number of nitrogens with two attached hydrogens (primary N) is 1. The van der Waals surface area contributed by atoms with Gasteiger partial charge in [0.15, 0.2) is 5.69 Å². The van der Waals surface area contributed by atoms with Crippen molar-refractivity contribution in [3.05, 3.63) is 45.7 Å². The summed E-state index contributed by atoms with van der Waals surface area (Å²) in [6.07, 6.45) is 0. The number of carbonyl (C=O) groups is 1. The Balaban J connectivity index is 2.62. The summed E-state index contributed by atoms with van der Waals surface area (Å²) in [5.41, 5.74) is 4.28. The zero-order valence-electron chi connectivity index (χ0n) is 13.9. The molecule has 2 rings (SSSR count). The number of primary amides is 1. The number of hydrogen-bond acceptors (Lipinski definition) is 6. The SMILES string of the molecule is CCn1c(O)c(C(N)=O)c(C)c(N=Nc2cccc(P(=O)(O)O)c2)c1=O. The summed E-state index contributed by atoms with van der Waals surface area (Å²) in [6, 6.07) is 5.19. The number of hydrogen-bond donors (Lipinski definition) is 4. The Bertz CT molecular complexity index is 1010. The number of aromatic hydroxyl groups is 1. The van der Waals surface area contributed by atoms with E-state index in [1.807, 2.05) is 0 Å². The highest BCUT2D eigenvalue weighted by Gasteiger charge is 2.22. The van der Waals surface area contributed by atoms with Gasteiger partial charge in [-0.15, -0.1) is 5.11 Å². The van der Waals surface area contributed by atoms with Crippen LogP contribution in [0, 0.1) is 6.92 Å². The molecular formula is C15H17N4O6P. The Morgan fingerprint density at radius 1 is 1.31 bits per heavy atom. The zero-order chi connectivity index (χ0) is 19.6. The van der Waals surface area contributed by atoms with E-state index in [9.17, 15) is 29.0 Å². The van der Waals surface area contributed by atoms with E-state index in [-0.39, 0.29) is 34.4 Å². The van der Waals surface area contributed by atoms with Crippen LogP contribution in [0.2, 0.25) is 0 Å². The second-order valence-corrected chi connectivity index (χ2v) is 6.95. The van der Waals surface area contributed by atoms with Crippen molar-refractivity contribution >= 4 is 30.2 Å². The van der Waals surface area contributed by atoms with E-state index < -0.39 is 24.9 Å². The summed E-state index contributed by atoms with van der Waals surface area (Å²) in [6.45, 7) is 3.05. The maximum Gasteiger partial charge on any atom is 0.356 e. The number of nitrogens with zero attached hydrogens (tertiary/aromatic N) is 3. The molecule has 0 radical (unpaired) electrons. The Hall–Kier alpha value is -2.81. The topological polar surface area (TPSA) is 168 Å². The smallest absolute Gasteiger partial charge is 0.356 e. The van der Waals surface area contributed by atoms with Crippen LogP contribution < -0.4 is 16.6 Å². The second-order valence-electron chi connectivity index (χ2n) is 5.35. The molecule has 10 nitrogen and oxygen atoms in total. The molecule has 0 aliphatic rings. The van der Waals surface area contributed by atoms with Gasteiger partial charge in [0.05, 0.1) is 11.0 Å². The van der Waals surface area contributed by atoms with Crippen molar-refractivity contribution in [1.82, 2.24) is 4.57 Å². The molecule has 1 heterocycles. The van der Waals surface area contributed by atoms with Crippen LogP contribution in [-0.2, 0) is 11.1 Å². The molecule has 0 unspecified atom stereocenters. The number of carbonyl (C=O) groups excluding carboxylic acids is 1. The van der Waals surface area contributed by atoms with Crippen LogP contribution in [0.3, 0.4) is 0 Å². The first kappa shape index (κ1) is 19.5. The van der Waals surface area contributed by atoms with Gasteiger partial charge in [0.1, 0.15) is 5.56 Å². The molecule has 0 fully saturated rings. The summed E-state index contributed by atoms with van der Waals surface area (Å²) in [4.78, 5) is 42.4. The van der Waals surface area contributed by atoms with Crippen molar-refractivity contribution < 1.29 is 24.3 Å². The Labute approximate surface area is 147 Å². The summed E-state index contributed by atoms with van der Waals surface area (Å²) in [5.74, 6) is -1.48. The van der Waals surface area contributed by atoms with Gasteiger partial charge in [-0.25, -0.2) is 0 Å². The molecule has 2 aromatic rings. The van der Waals surface area contributed by atoms with Crippen LogP contribution in [0.5, 0.6) is 5.88 Å². The molecule has 5 N–H and O–H groups in total. The standard InChI is InChI=1S/C15H17N4O6P/c1-3-19-14(21)11(13(16)20)8(2)12(15(19)22)18-17-9-5-4-6-10(7-9)26(23,24)25/h4-7,21H,3H2,1-2H3,(H2,16,20)(H2,23,24,25). The van der Waals surface area contributed by atoms with Crippen molar-refractivity contribution in [1.29, 1.82) is 0 Å². The quantitative estimate of drug-likeness (QED) is 0.449. The number of aromatic nitrogens is 1. The molecular weight excluding hydrogens is 363 g/mol. The summed E-state index contributed by atoms with van der Waals surface area (Å²) >= 11 is 0. The third-order valence-electron chi connectivity index (χ3n) is 3.65. The average molecular weight is 380 g/mol. The predicted octanol–water partition coefficient (Wildman–Crippen LogP) is 1.20. The van der Waals surface area contributed by atoms with E-state index in [0.717, 1.165) is 10.6 Å². The highest BCUT2D eigenvalue weighted by atomic mass is 31.2. The summed E-state index contributed by atoms with van der Waals surface area (Å²) in [5, 5.41) is 17.4. The Morgan fingerprint density at radius 3 is 2.50 bits per heavy atom. The van der Waals surface area contributed by atoms with E-state index in [1.165, 1.54) is 25.1 Å². The molecule has 11 heteroatoms. The Kier molecular flexibility index (Phi) is 5.41. The molecule has 138 valence electrons. The molecule has 0 saturated heterocycles. The van der Waals surface area contributed by atoms with Crippen LogP contribution in [0.15, 0.2) is 39.3 Å². The van der Waals surface area contributed by atoms with Gasteiger partial charge in [0.2, 0.25) is 5.88 Å². The molecule has 0 bridgehead atoms. The van der Waals surface area contributed by atoms with Gasteiger partial charge in [0.25, 0.3) is 11.5 Å². The van der Waals surface area contributed by atoms with Gasteiger partial charge in [-0.1, -0.05) is 6.07 Å². The normalized spacial score (nSPS) is 11.8. The zero-order valence-corrected chi connectivity index (χ0v) is 14.8. The first-order chi connectivity index (χ1) is 12.1. The minimum atomic E-state index is -4.46. The third kappa shape index (κ3) is 3.72. The third-order valence-corrected chi connectivity index (χ3v) is 4.60. The van der Waals surface area contributed by atoms with Crippen LogP contribution in [-0.4, -0.2) is 25.4 Å². The van der Waals surface area contributed by atoms with Gasteiger partial charge in [0, 0.05) is 12.1 Å². The Morgan fingerprint density at radius 2 is 1.96 bits per heavy atom. The van der Waals surface area contributed by atoms with E-state index in [1.54, 1.807) is 6.92 Å². The van der Waals surface area contributed by atoms with Crippen LogP contribution in [0.4, 0.5) is 11.4 Å². The molecule has 0 spiro atoms. The predicted molar refractivity (Wildman–Crippen MR) is 93.6 cm³/mol. The van der Waals surface area contributed by atoms with Gasteiger partial charge in [-0.05, 0) is 32.0 Å². The van der Waals surface area contributed by atoms with Crippen LogP contribution in [0.1, 0.15) is 22.8 Å². The van der Waals surface area contributed by atoms with E-state index in [0.29, 0.717) is 0 Å². The van der Waals surface area contributed by atoms with Crippen LogP contribution in [0.25, 0.3) is 0 Å². The maximum absolute atomic E-state index is 12.4. The fourth-order valence-electron chi connectivity index (χ4n) is 2.36. The molecule has 0 saturated carbocycles. The summed E-state index contributed by atoms with van der Waals surface area (Å²) in [7, 11) is -4.46. The number of benzene rings is 1. The molecule has 0 aliphatic heterocycles. The lowest BCUT2D eigenvalue weighted by molar-refractivity contribution is 0.0995. The minimum Gasteiger partial charge on any atom is -0.494 e. The van der Waals surface area contributed by atoms with Crippen molar-refractivity contribution in [2.45, 2.75) is 20.4 Å². The minimum absolute atomic E-state index is 0.0552. The van der Waals surface area contributed by atoms with Gasteiger partial charge in [-0.2, -0.15) is 5.11 Å². The van der Waals surface area contributed by atoms with E-state index in [4.69, 9.17) is 5.73 Å². The monoisotopic (exact) mass is 380 g/mol. The fourth-order valence-corrected chi connectivity index (χ4v) is 2.94. The maximum atomic E-state index is 12.4. The van der Waals surface area contributed by atoms with Crippen LogP contribution >= 0.6 is 7.60 Å². The lowest BCUT2D eigenvalue weighted by atomic mass is 10.1. The number of amides is 1. The lowest BCUT2D eigenvalue weighted by Gasteiger charge is -2.13. The van der Waals surface area contributed by atoms with E-state index in [2.05, 4.69) is 10.2 Å². The van der Waals surface area contributed by atoms with Gasteiger partial charge in [-0.3, -0.25) is 18.7 Å². The number of azo groups is 1. The van der Waals surface area contributed by atoms with Gasteiger partial charge >= 0.3 is 7.60 Å². The number of pyridine rings is 1. The highest BCUT2D eigenvalue weighted by Crippen LogP contribution is 2.34. The van der Waals surface area contributed by atoms with Crippen molar-refractivity contribution in [3.63, 3.8) is 0 Å². The molecule has 1 amide bonds. The largest absolute Gasteiger partial charge is 0.494 e. The fraction of sp³-hybridized carbons (Fsp3) is 0.200. The molecule has 26 heavy (non-hydrogen) atoms. The summed E-state index contributed by atoms with van der Waals surface area (Å²) < 4.78 is 12.2. The van der Waals surface area contributed by atoms with Gasteiger partial charge < -0.3 is 20.6 Å². The van der Waals surface area contributed by atoms with Crippen molar-refractivity contribution in [3.8, 4) is 5.88 Å². The number of rotatable bonds is 5. The molecule has 0 atom stereocenters. The first-order valence-corrected chi connectivity index (χ1v) is 9.03. The highest BCUT2D eigenvalue weighted by molar-refractivity contribution is 7.60. The average Bonchev–Trinajstić information content (AvgIpc) is 2.54. The molecule has 1 aromatic heterocycles.